The van der Waals surface area contributed by atoms with E-state index in [0.29, 0.717) is 0 Å². The van der Waals surface area contributed by atoms with Gasteiger partial charge in [0.1, 0.15) is 12.4 Å². The Morgan fingerprint density at radius 1 is 1.11 bits per heavy atom. The summed E-state index contributed by atoms with van der Waals surface area (Å²) in [6.45, 7) is 0.844. The number of benzene rings is 2. The van der Waals surface area contributed by atoms with Crippen LogP contribution in [-0.4, -0.2) is 51.4 Å². The second-order valence-electron chi connectivity index (χ2n) is 9.13. The number of sulfonamides is 1. The van der Waals surface area contributed by atoms with Crippen molar-refractivity contribution in [2.24, 2.45) is 30.5 Å². The minimum Gasteiger partial charge on any atom is -0.369 e. The Morgan fingerprint density at radius 3 is 2.51 bits per heavy atom. The molecule has 35 heavy (non-hydrogen) atoms. The third-order valence-corrected chi connectivity index (χ3v) is 8.89. The maximum atomic E-state index is 13.4. The van der Waals surface area contributed by atoms with Crippen LogP contribution in [0.4, 0.5) is 4.39 Å². The fourth-order valence-corrected chi connectivity index (χ4v) is 6.78. The third kappa shape index (κ3) is 3.51. The summed E-state index contributed by atoms with van der Waals surface area (Å²) in [7, 11) is -2.11. The summed E-state index contributed by atoms with van der Waals surface area (Å²) in [4.78, 5) is 13.0. The summed E-state index contributed by atoms with van der Waals surface area (Å²) in [5.74, 6) is -0.903. The molecule has 2 aromatic carbocycles. The molecule has 3 heterocycles. The Labute approximate surface area is 200 Å². The van der Waals surface area contributed by atoms with Gasteiger partial charge in [0.05, 0.1) is 24.4 Å². The Morgan fingerprint density at radius 2 is 1.83 bits per heavy atom. The summed E-state index contributed by atoms with van der Waals surface area (Å²) in [6.07, 6.45) is 3.08. The largest absolute Gasteiger partial charge is 0.369 e. The molecule has 1 amide bonds. The van der Waals surface area contributed by atoms with Crippen LogP contribution in [0.3, 0.4) is 0 Å². The van der Waals surface area contributed by atoms with Gasteiger partial charge in [0.2, 0.25) is 12.1 Å². The van der Waals surface area contributed by atoms with Crippen LogP contribution in [0.2, 0.25) is 0 Å². The first kappa shape index (κ1) is 21.9. The minimum absolute atomic E-state index is 0.00144. The molecule has 6 rings (SSSR count). The first-order valence-electron chi connectivity index (χ1n) is 11.2. The Kier molecular flexibility index (Phi) is 4.80. The van der Waals surface area contributed by atoms with E-state index in [-0.39, 0.29) is 54.1 Å². The maximum absolute atomic E-state index is 13.4. The number of nitrogens with two attached hydrogens (primary N) is 1. The van der Waals surface area contributed by atoms with Crippen LogP contribution in [0.1, 0.15) is 5.56 Å². The van der Waals surface area contributed by atoms with Crippen molar-refractivity contribution in [3.63, 3.8) is 0 Å². The average molecular weight is 497 g/mol. The molecule has 0 spiro atoms. The van der Waals surface area contributed by atoms with E-state index in [0.717, 1.165) is 22.2 Å². The SMILES string of the molecule is Cn1ncc(S(=O)(=O)N2CC3C(C(N)=O)[C@H]3C2)[n+]1Cc1ccc2cnn(-c3ccc(F)cc3)c2c1. The molecular formula is C23H23FN7O3S+. The van der Waals surface area contributed by atoms with Gasteiger partial charge in [-0.05, 0) is 52.5 Å². The number of amides is 1. The van der Waals surface area contributed by atoms with Crippen LogP contribution in [0.25, 0.3) is 16.6 Å². The van der Waals surface area contributed by atoms with Gasteiger partial charge in [-0.1, -0.05) is 12.1 Å². The van der Waals surface area contributed by atoms with Gasteiger partial charge in [-0.25, -0.2) is 17.5 Å². The Bertz CT molecular complexity index is 1570. The Hall–Kier alpha value is -3.64. The smallest absolute Gasteiger partial charge is 0.300 e. The zero-order chi connectivity index (χ0) is 24.5. The number of hydrogen-bond donors (Lipinski definition) is 1. The lowest BCUT2D eigenvalue weighted by molar-refractivity contribution is -0.802. The summed E-state index contributed by atoms with van der Waals surface area (Å²) in [5.41, 5.74) is 7.79. The summed E-state index contributed by atoms with van der Waals surface area (Å²) in [6, 6.07) is 11.8. The molecule has 1 saturated carbocycles. The highest BCUT2D eigenvalue weighted by atomic mass is 32.2. The van der Waals surface area contributed by atoms with E-state index < -0.39 is 10.0 Å². The highest BCUT2D eigenvalue weighted by Gasteiger charge is 2.61. The number of nitrogens with zero attached hydrogens (tertiary/aromatic N) is 6. The van der Waals surface area contributed by atoms with Crippen molar-refractivity contribution in [1.82, 2.24) is 24.0 Å². The fourth-order valence-electron chi connectivity index (χ4n) is 5.15. The quantitative estimate of drug-likeness (QED) is 0.392. The molecule has 180 valence electrons. The van der Waals surface area contributed by atoms with Gasteiger partial charge < -0.3 is 5.73 Å². The predicted octanol–water partition coefficient (Wildman–Crippen LogP) is 0.586. The highest BCUT2D eigenvalue weighted by Crippen LogP contribution is 2.52. The van der Waals surface area contributed by atoms with Crippen LogP contribution >= 0.6 is 0 Å². The van der Waals surface area contributed by atoms with Crippen molar-refractivity contribution >= 4 is 26.8 Å². The van der Waals surface area contributed by atoms with Gasteiger partial charge in [-0.3, -0.25) is 4.79 Å². The zero-order valence-electron chi connectivity index (χ0n) is 18.8. The monoisotopic (exact) mass is 496 g/mol. The number of primary amides is 1. The van der Waals surface area contributed by atoms with Crippen LogP contribution in [-0.2, 0) is 28.4 Å². The summed E-state index contributed by atoms with van der Waals surface area (Å²) < 4.78 is 45.0. The first-order chi connectivity index (χ1) is 16.7. The summed E-state index contributed by atoms with van der Waals surface area (Å²) in [5, 5.41) is 9.61. The number of piperidine rings is 1. The third-order valence-electron chi connectivity index (χ3n) is 7.07. The second-order valence-corrected chi connectivity index (χ2v) is 11.0. The van der Waals surface area contributed by atoms with E-state index in [9.17, 15) is 17.6 Å². The predicted molar refractivity (Wildman–Crippen MR) is 122 cm³/mol. The molecule has 2 unspecified atom stereocenters. The average Bonchev–Trinajstić information content (AvgIpc) is 3.18. The molecule has 1 aliphatic heterocycles. The number of aryl methyl sites for hydroxylation is 1. The van der Waals surface area contributed by atoms with Crippen LogP contribution < -0.4 is 10.4 Å². The normalized spacial score (nSPS) is 21.9. The molecule has 4 aromatic rings. The van der Waals surface area contributed by atoms with Gasteiger partial charge in [-0.2, -0.15) is 9.40 Å². The minimum atomic E-state index is -3.80. The molecule has 10 nitrogen and oxygen atoms in total. The maximum Gasteiger partial charge on any atom is 0.300 e. The number of carbonyl (C=O) groups excluding carboxylic acids is 1. The van der Waals surface area contributed by atoms with Crippen molar-refractivity contribution in [3.8, 4) is 5.69 Å². The van der Waals surface area contributed by atoms with Crippen LogP contribution in [0, 0.1) is 23.6 Å². The van der Waals surface area contributed by atoms with Crippen molar-refractivity contribution in [3.05, 3.63) is 66.2 Å². The van der Waals surface area contributed by atoms with E-state index in [4.69, 9.17) is 5.73 Å². The first-order valence-corrected chi connectivity index (χ1v) is 12.6. The van der Waals surface area contributed by atoms with Gasteiger partial charge in [0.25, 0.3) is 15.0 Å². The van der Waals surface area contributed by atoms with Crippen molar-refractivity contribution in [2.45, 2.75) is 11.6 Å². The molecule has 2 aromatic heterocycles. The van der Waals surface area contributed by atoms with Crippen molar-refractivity contribution < 1.29 is 22.3 Å². The highest BCUT2D eigenvalue weighted by molar-refractivity contribution is 7.89. The van der Waals surface area contributed by atoms with E-state index in [1.54, 1.807) is 34.7 Å². The van der Waals surface area contributed by atoms with Crippen LogP contribution in [0.15, 0.2) is 59.9 Å². The number of halogens is 1. The molecule has 1 saturated heterocycles. The lowest BCUT2D eigenvalue weighted by Crippen LogP contribution is -2.49. The van der Waals surface area contributed by atoms with E-state index >= 15 is 0 Å². The topological polar surface area (TPSA) is 120 Å². The Balaban J connectivity index is 1.30. The second kappa shape index (κ2) is 7.68. The number of rotatable bonds is 6. The molecule has 12 heteroatoms. The lowest BCUT2D eigenvalue weighted by atomic mass is 10.1. The van der Waals surface area contributed by atoms with Gasteiger partial charge in [0.15, 0.2) is 0 Å². The molecule has 0 bridgehead atoms. The van der Waals surface area contributed by atoms with E-state index in [2.05, 4.69) is 10.2 Å². The number of fused-ring (bicyclic) bond motifs is 2. The van der Waals surface area contributed by atoms with Gasteiger partial charge in [-0.15, -0.1) is 4.68 Å². The molecule has 3 atom stereocenters. The van der Waals surface area contributed by atoms with E-state index in [1.807, 2.05) is 18.2 Å². The number of aromatic nitrogens is 5. The summed E-state index contributed by atoms with van der Waals surface area (Å²) >= 11 is 0. The van der Waals surface area contributed by atoms with Gasteiger partial charge in [0, 0.05) is 29.5 Å². The fraction of sp³-hybridized carbons (Fsp3) is 0.304. The van der Waals surface area contributed by atoms with Crippen molar-refractivity contribution in [1.29, 1.82) is 0 Å². The van der Waals surface area contributed by atoms with Crippen molar-refractivity contribution in [2.75, 3.05) is 13.1 Å². The molecule has 1 aliphatic carbocycles. The zero-order valence-corrected chi connectivity index (χ0v) is 19.6. The lowest BCUT2D eigenvalue weighted by Gasteiger charge is -2.17. The van der Waals surface area contributed by atoms with Gasteiger partial charge >= 0.3 is 0 Å². The molecule has 0 radical (unpaired) electrons. The standard InChI is InChI=1S/C23H22FN7O3S/c1-28-26-10-21(35(33,34)29-12-18-19(13-29)22(18)23(25)32)30(28)11-14-2-3-15-9-27-31(20(15)8-14)17-6-4-16(24)5-7-17/h2-10,18-19,22H,11-13H2,1H3,(H-,25,32)/p+1/t18-,19?,22?/m0/s1. The molecular weight excluding hydrogens is 473 g/mol. The number of hydrogen-bond acceptors (Lipinski definition) is 5. The molecule has 2 N–H and O–H groups in total. The van der Waals surface area contributed by atoms with Crippen LogP contribution in [0.5, 0.6) is 0 Å². The van der Waals surface area contributed by atoms with E-state index in [1.165, 1.54) is 27.4 Å². The number of carbonyl (C=O) groups is 1. The molecule has 2 fully saturated rings. The molecule has 2 aliphatic rings.